The van der Waals surface area contributed by atoms with Crippen molar-refractivity contribution in [2.24, 2.45) is 4.99 Å². The molecule has 0 fully saturated rings. The lowest BCUT2D eigenvalue weighted by molar-refractivity contribution is 1.26. The van der Waals surface area contributed by atoms with Crippen molar-refractivity contribution in [2.75, 3.05) is 6.54 Å². The van der Waals surface area contributed by atoms with Gasteiger partial charge in [-0.25, -0.2) is 0 Å². The first kappa shape index (κ1) is 10.5. The van der Waals surface area contributed by atoms with Gasteiger partial charge in [0.15, 0.2) is 0 Å². The Kier molecular flexibility index (Phi) is 4.19. The van der Waals surface area contributed by atoms with E-state index in [2.05, 4.69) is 27.5 Å². The van der Waals surface area contributed by atoms with Crippen molar-refractivity contribution < 1.29 is 0 Å². The molecule has 0 aliphatic rings. The van der Waals surface area contributed by atoms with Gasteiger partial charge in [0, 0.05) is 21.3 Å². The smallest absolute Gasteiger partial charge is 0.0567 e. The summed E-state index contributed by atoms with van der Waals surface area (Å²) in [5.41, 5.74) is 0.981. The van der Waals surface area contributed by atoms with Gasteiger partial charge in [-0.3, -0.25) is 4.99 Å². The van der Waals surface area contributed by atoms with Crippen LogP contribution in [0.15, 0.2) is 40.3 Å². The molecule has 0 heterocycles. The second-order valence-corrected chi connectivity index (χ2v) is 3.74. The molecule has 0 aromatic heterocycles. The Morgan fingerprint density at radius 3 is 3.00 bits per heavy atom. The fourth-order valence-corrected chi connectivity index (χ4v) is 1.37. The monoisotopic (exact) mass is 257 g/mol. The summed E-state index contributed by atoms with van der Waals surface area (Å²) in [6.45, 7) is 4.20. The third-order valence-corrected chi connectivity index (χ3v) is 2.38. The first-order valence-corrected chi connectivity index (χ1v) is 4.97. The zero-order chi connectivity index (χ0) is 9.68. The zero-order valence-corrected chi connectivity index (χ0v) is 9.35. The highest BCUT2D eigenvalue weighted by molar-refractivity contribution is 9.10. The van der Waals surface area contributed by atoms with Crippen LogP contribution in [0.3, 0.4) is 0 Å². The van der Waals surface area contributed by atoms with E-state index in [9.17, 15) is 0 Å². The lowest BCUT2D eigenvalue weighted by Crippen LogP contribution is -1.84. The average molecular weight is 259 g/mol. The Bertz CT molecular complexity index is 334. The minimum absolute atomic E-state index is 0.624. The topological polar surface area (TPSA) is 12.4 Å². The summed E-state index contributed by atoms with van der Waals surface area (Å²) in [4.78, 5) is 4.13. The number of rotatable bonds is 3. The Labute approximate surface area is 91.3 Å². The quantitative estimate of drug-likeness (QED) is 0.579. The third-order valence-electron chi connectivity index (χ3n) is 1.42. The molecule has 1 aromatic carbocycles. The Hall–Kier alpha value is -0.600. The second-order valence-electron chi connectivity index (χ2n) is 2.45. The molecule has 0 N–H and O–H groups in total. The molecule has 0 saturated carbocycles. The highest BCUT2D eigenvalue weighted by atomic mass is 79.9. The van der Waals surface area contributed by atoms with E-state index in [-0.39, 0.29) is 0 Å². The second kappa shape index (κ2) is 5.20. The van der Waals surface area contributed by atoms with Gasteiger partial charge in [0.1, 0.15) is 0 Å². The maximum Gasteiger partial charge on any atom is 0.0567 e. The minimum atomic E-state index is 0.624. The van der Waals surface area contributed by atoms with Crippen molar-refractivity contribution >= 4 is 33.7 Å². The van der Waals surface area contributed by atoms with Crippen molar-refractivity contribution in [1.29, 1.82) is 0 Å². The maximum atomic E-state index is 5.83. The van der Waals surface area contributed by atoms with E-state index in [1.165, 1.54) is 0 Å². The van der Waals surface area contributed by atoms with Gasteiger partial charge in [-0.1, -0.05) is 33.6 Å². The molecule has 0 saturated heterocycles. The molecular weight excluding hydrogens is 249 g/mol. The summed E-state index contributed by atoms with van der Waals surface area (Å²) >= 11 is 9.23. The highest BCUT2D eigenvalue weighted by Gasteiger charge is 1.96. The van der Waals surface area contributed by atoms with E-state index in [1.54, 1.807) is 12.3 Å². The average Bonchev–Trinajstić information content (AvgIpc) is 2.11. The van der Waals surface area contributed by atoms with E-state index < -0.39 is 0 Å². The van der Waals surface area contributed by atoms with Gasteiger partial charge in [0.2, 0.25) is 0 Å². The molecule has 1 nitrogen and oxygen atoms in total. The Morgan fingerprint density at radius 2 is 2.31 bits per heavy atom. The van der Waals surface area contributed by atoms with Gasteiger partial charge < -0.3 is 0 Å². The minimum Gasteiger partial charge on any atom is -0.288 e. The Morgan fingerprint density at radius 1 is 1.54 bits per heavy atom. The lowest BCUT2D eigenvalue weighted by atomic mass is 10.2. The fourth-order valence-electron chi connectivity index (χ4n) is 0.839. The fraction of sp³-hybridized carbons (Fsp3) is 0.100. The molecule has 0 radical (unpaired) electrons. The van der Waals surface area contributed by atoms with E-state index in [4.69, 9.17) is 11.6 Å². The molecule has 1 rings (SSSR count). The summed E-state index contributed by atoms with van der Waals surface area (Å²) in [6.07, 6.45) is 3.52. The number of hydrogen-bond acceptors (Lipinski definition) is 1. The molecule has 1 aromatic rings. The van der Waals surface area contributed by atoms with Crippen molar-refractivity contribution in [1.82, 2.24) is 0 Å². The first-order valence-electron chi connectivity index (χ1n) is 3.80. The summed E-state index contributed by atoms with van der Waals surface area (Å²) < 4.78 is 0.990. The summed E-state index contributed by atoms with van der Waals surface area (Å²) in [7, 11) is 0. The van der Waals surface area contributed by atoms with E-state index in [1.807, 2.05) is 18.2 Å². The summed E-state index contributed by atoms with van der Waals surface area (Å²) in [5.74, 6) is 0. The van der Waals surface area contributed by atoms with Gasteiger partial charge in [-0.15, -0.1) is 6.58 Å². The number of benzene rings is 1. The molecule has 0 bridgehead atoms. The largest absolute Gasteiger partial charge is 0.288 e. The van der Waals surface area contributed by atoms with Gasteiger partial charge in [0.05, 0.1) is 6.54 Å². The van der Waals surface area contributed by atoms with Crippen molar-refractivity contribution in [3.8, 4) is 0 Å². The molecule has 13 heavy (non-hydrogen) atoms. The molecule has 0 aliphatic carbocycles. The molecule has 0 aliphatic heterocycles. The van der Waals surface area contributed by atoms with Gasteiger partial charge in [-0.2, -0.15) is 0 Å². The molecular formula is C10H9BrClN. The van der Waals surface area contributed by atoms with Crippen LogP contribution in [0.4, 0.5) is 0 Å². The molecule has 0 atom stereocenters. The van der Waals surface area contributed by atoms with Crippen LogP contribution in [-0.2, 0) is 0 Å². The number of halogens is 2. The molecule has 0 amide bonds. The van der Waals surface area contributed by atoms with Crippen molar-refractivity contribution in [2.45, 2.75) is 0 Å². The van der Waals surface area contributed by atoms with Crippen LogP contribution >= 0.6 is 27.5 Å². The molecule has 68 valence electrons. The van der Waals surface area contributed by atoms with Crippen LogP contribution in [0.2, 0.25) is 5.02 Å². The summed E-state index contributed by atoms with van der Waals surface area (Å²) in [5, 5.41) is 0.711. The van der Waals surface area contributed by atoms with Crippen LogP contribution < -0.4 is 0 Å². The van der Waals surface area contributed by atoms with Gasteiger partial charge >= 0.3 is 0 Å². The standard InChI is InChI=1S/C10H9BrClN/c1-2-5-13-7-8-6-9(12)3-4-10(8)11/h2-4,6-7H,1,5H2/b13-7-. The van der Waals surface area contributed by atoms with Gasteiger partial charge in [-0.05, 0) is 18.2 Å². The van der Waals surface area contributed by atoms with Crippen LogP contribution in [0.25, 0.3) is 0 Å². The van der Waals surface area contributed by atoms with Crippen LogP contribution in [-0.4, -0.2) is 12.8 Å². The molecule has 3 heteroatoms. The predicted octanol–water partition coefficient (Wildman–Crippen LogP) is 3.71. The maximum absolute atomic E-state index is 5.83. The summed E-state index contributed by atoms with van der Waals surface area (Å²) in [6, 6.07) is 5.59. The van der Waals surface area contributed by atoms with Gasteiger partial charge in [0.25, 0.3) is 0 Å². The van der Waals surface area contributed by atoms with Crippen molar-refractivity contribution in [3.63, 3.8) is 0 Å². The van der Waals surface area contributed by atoms with E-state index in [0.29, 0.717) is 11.6 Å². The first-order chi connectivity index (χ1) is 6.24. The normalized spacial score (nSPS) is 10.6. The van der Waals surface area contributed by atoms with Crippen LogP contribution in [0, 0.1) is 0 Å². The lowest BCUT2D eigenvalue weighted by Gasteiger charge is -1.97. The number of aliphatic imine (C=N–C) groups is 1. The Balaban J connectivity index is 2.86. The predicted molar refractivity (Wildman–Crippen MR) is 61.8 cm³/mol. The van der Waals surface area contributed by atoms with Crippen LogP contribution in [0.1, 0.15) is 5.56 Å². The number of hydrogen-bond donors (Lipinski definition) is 0. The highest BCUT2D eigenvalue weighted by Crippen LogP contribution is 2.19. The SMILES string of the molecule is C=CC/N=C\c1cc(Cl)ccc1Br. The number of nitrogens with zero attached hydrogens (tertiary/aromatic N) is 1. The molecule has 0 unspecified atom stereocenters. The van der Waals surface area contributed by atoms with Crippen molar-refractivity contribution in [3.05, 3.63) is 45.9 Å². The zero-order valence-electron chi connectivity index (χ0n) is 7.00. The molecule has 0 spiro atoms. The third kappa shape index (κ3) is 3.33. The van der Waals surface area contributed by atoms with E-state index in [0.717, 1.165) is 10.0 Å². The van der Waals surface area contributed by atoms with Crippen LogP contribution in [0.5, 0.6) is 0 Å². The van der Waals surface area contributed by atoms with E-state index >= 15 is 0 Å².